The Kier molecular flexibility index (Phi) is 4.76. The van der Waals surface area contributed by atoms with Crippen LogP contribution in [0.5, 0.6) is 0 Å². The molecule has 1 unspecified atom stereocenters. The summed E-state index contributed by atoms with van der Waals surface area (Å²) in [5, 5.41) is 19.2. The van der Waals surface area contributed by atoms with Crippen LogP contribution < -0.4 is 5.32 Å². The molecular weight excluding hydrogens is 323 g/mol. The quantitative estimate of drug-likeness (QED) is 0.664. The van der Waals surface area contributed by atoms with E-state index in [-0.39, 0.29) is 36.0 Å². The third kappa shape index (κ3) is 3.51. The van der Waals surface area contributed by atoms with Crippen molar-refractivity contribution in [3.05, 3.63) is 47.9 Å². The molecule has 3 N–H and O–H groups in total. The molecule has 0 saturated heterocycles. The molecule has 7 heteroatoms. The summed E-state index contributed by atoms with van der Waals surface area (Å²) in [5.74, 6) is -0.652. The molecule has 0 saturated carbocycles. The van der Waals surface area contributed by atoms with Crippen LogP contribution in [0.3, 0.4) is 0 Å². The Balaban J connectivity index is 1.96. The first-order valence-electron chi connectivity index (χ1n) is 8.02. The highest BCUT2D eigenvalue weighted by molar-refractivity contribution is 5.97. The second-order valence-electron chi connectivity index (χ2n) is 6.18. The maximum absolute atomic E-state index is 13.5. The number of carbonyl (C=O) groups is 1. The molecule has 0 fully saturated rings. The van der Waals surface area contributed by atoms with Gasteiger partial charge >= 0.3 is 0 Å². The zero-order chi connectivity index (χ0) is 18.0. The maximum atomic E-state index is 13.5. The lowest BCUT2D eigenvalue weighted by atomic mass is 10.1. The number of aromatic amines is 1. The van der Waals surface area contributed by atoms with E-state index in [4.69, 9.17) is 0 Å². The Morgan fingerprint density at radius 1 is 1.32 bits per heavy atom. The fourth-order valence-electron chi connectivity index (χ4n) is 2.53. The standard InChI is InChI=1S/C18H19FN4O2/c1-10(2)15(9-24)21-18(25)14-7-6-13-17(20-14)16(23-22-13)11-4-3-5-12(19)8-11/h3-8,10,15,24H,9H2,1-2H3,(H,21,25)(H,22,23). The van der Waals surface area contributed by atoms with E-state index < -0.39 is 0 Å². The molecule has 25 heavy (non-hydrogen) atoms. The van der Waals surface area contributed by atoms with Crippen molar-refractivity contribution in [2.45, 2.75) is 19.9 Å². The highest BCUT2D eigenvalue weighted by Gasteiger charge is 2.18. The first kappa shape index (κ1) is 17.0. The van der Waals surface area contributed by atoms with Gasteiger partial charge in [-0.15, -0.1) is 0 Å². The van der Waals surface area contributed by atoms with Crippen LogP contribution in [0.2, 0.25) is 0 Å². The van der Waals surface area contributed by atoms with Gasteiger partial charge in [0.1, 0.15) is 22.7 Å². The Hall–Kier alpha value is -2.80. The topological polar surface area (TPSA) is 90.9 Å². The highest BCUT2D eigenvalue weighted by atomic mass is 19.1. The van der Waals surface area contributed by atoms with Gasteiger partial charge in [0.15, 0.2) is 0 Å². The van der Waals surface area contributed by atoms with Crippen LogP contribution in [0.4, 0.5) is 4.39 Å². The minimum Gasteiger partial charge on any atom is -0.394 e. The SMILES string of the molecule is CC(C)C(CO)NC(=O)c1ccc2[nH]nc(-c3cccc(F)c3)c2n1. The van der Waals surface area contributed by atoms with Gasteiger partial charge in [0.25, 0.3) is 5.91 Å². The predicted molar refractivity (Wildman–Crippen MR) is 92.5 cm³/mol. The van der Waals surface area contributed by atoms with E-state index in [1.165, 1.54) is 12.1 Å². The minimum atomic E-state index is -0.374. The molecule has 3 aromatic rings. The van der Waals surface area contributed by atoms with Gasteiger partial charge in [-0.05, 0) is 30.2 Å². The summed E-state index contributed by atoms with van der Waals surface area (Å²) >= 11 is 0. The minimum absolute atomic E-state index is 0.0921. The molecule has 130 valence electrons. The number of aliphatic hydroxyl groups excluding tert-OH is 1. The lowest BCUT2D eigenvalue weighted by Gasteiger charge is -2.19. The number of aliphatic hydroxyl groups is 1. The van der Waals surface area contributed by atoms with Crippen LogP contribution in [0.1, 0.15) is 24.3 Å². The molecule has 0 spiro atoms. The average Bonchev–Trinajstić information content (AvgIpc) is 3.02. The summed E-state index contributed by atoms with van der Waals surface area (Å²) in [6.45, 7) is 3.68. The molecule has 1 amide bonds. The molecule has 1 atom stereocenters. The number of hydrogen-bond donors (Lipinski definition) is 3. The van der Waals surface area contributed by atoms with Crippen LogP contribution in [-0.4, -0.2) is 38.8 Å². The lowest BCUT2D eigenvalue weighted by Crippen LogP contribution is -2.41. The van der Waals surface area contributed by atoms with Crippen LogP contribution in [-0.2, 0) is 0 Å². The summed E-state index contributed by atoms with van der Waals surface area (Å²) in [6, 6.07) is 8.98. The van der Waals surface area contributed by atoms with Crippen molar-refractivity contribution < 1.29 is 14.3 Å². The highest BCUT2D eigenvalue weighted by Crippen LogP contribution is 2.25. The molecule has 0 aliphatic heterocycles. The van der Waals surface area contributed by atoms with Gasteiger partial charge < -0.3 is 10.4 Å². The summed E-state index contributed by atoms with van der Waals surface area (Å²) in [6.07, 6.45) is 0. The van der Waals surface area contributed by atoms with Crippen molar-refractivity contribution in [1.29, 1.82) is 0 Å². The van der Waals surface area contributed by atoms with E-state index in [1.54, 1.807) is 24.3 Å². The Morgan fingerprint density at radius 2 is 2.12 bits per heavy atom. The smallest absolute Gasteiger partial charge is 0.270 e. The number of amides is 1. The molecule has 2 aromatic heterocycles. The fraction of sp³-hybridized carbons (Fsp3) is 0.278. The molecular formula is C18H19FN4O2. The number of halogens is 1. The van der Waals surface area contributed by atoms with E-state index in [1.807, 2.05) is 13.8 Å². The summed E-state index contributed by atoms with van der Waals surface area (Å²) in [4.78, 5) is 16.8. The Bertz CT molecular complexity index is 907. The van der Waals surface area contributed by atoms with E-state index >= 15 is 0 Å². The normalized spacial score (nSPS) is 12.5. The number of pyridine rings is 1. The number of nitrogens with one attached hydrogen (secondary N) is 2. The van der Waals surface area contributed by atoms with Crippen molar-refractivity contribution in [2.24, 2.45) is 5.92 Å². The number of fused-ring (bicyclic) bond motifs is 1. The fourth-order valence-corrected chi connectivity index (χ4v) is 2.53. The number of aromatic nitrogens is 3. The first-order valence-corrected chi connectivity index (χ1v) is 8.02. The van der Waals surface area contributed by atoms with Crippen molar-refractivity contribution in [3.8, 4) is 11.3 Å². The predicted octanol–water partition coefficient (Wildman–Crippen LogP) is 2.51. The zero-order valence-electron chi connectivity index (χ0n) is 14.0. The summed E-state index contributed by atoms with van der Waals surface area (Å²) in [5.41, 5.74) is 2.41. The van der Waals surface area contributed by atoms with Gasteiger partial charge in [-0.3, -0.25) is 9.89 Å². The molecule has 2 heterocycles. The van der Waals surface area contributed by atoms with Gasteiger partial charge in [-0.25, -0.2) is 9.37 Å². The second-order valence-corrected chi connectivity index (χ2v) is 6.18. The van der Waals surface area contributed by atoms with Gasteiger partial charge in [-0.1, -0.05) is 26.0 Å². The number of benzene rings is 1. The summed E-state index contributed by atoms with van der Waals surface area (Å²) < 4.78 is 13.5. The Morgan fingerprint density at radius 3 is 2.80 bits per heavy atom. The van der Waals surface area contributed by atoms with Crippen molar-refractivity contribution in [1.82, 2.24) is 20.5 Å². The largest absolute Gasteiger partial charge is 0.394 e. The van der Waals surface area contributed by atoms with E-state index in [2.05, 4.69) is 20.5 Å². The first-order chi connectivity index (χ1) is 12.0. The van der Waals surface area contributed by atoms with Gasteiger partial charge in [-0.2, -0.15) is 5.10 Å². The maximum Gasteiger partial charge on any atom is 0.270 e. The van der Waals surface area contributed by atoms with Crippen LogP contribution in [0.15, 0.2) is 36.4 Å². The molecule has 1 aromatic carbocycles. The zero-order valence-corrected chi connectivity index (χ0v) is 14.0. The number of hydrogen-bond acceptors (Lipinski definition) is 4. The van der Waals surface area contributed by atoms with E-state index in [9.17, 15) is 14.3 Å². The van der Waals surface area contributed by atoms with Crippen molar-refractivity contribution >= 4 is 16.9 Å². The molecule has 3 rings (SSSR count). The van der Waals surface area contributed by atoms with Gasteiger partial charge in [0, 0.05) is 5.56 Å². The van der Waals surface area contributed by atoms with Crippen molar-refractivity contribution in [3.63, 3.8) is 0 Å². The lowest BCUT2D eigenvalue weighted by molar-refractivity contribution is 0.0892. The number of carbonyl (C=O) groups excluding carboxylic acids is 1. The van der Waals surface area contributed by atoms with Crippen LogP contribution >= 0.6 is 0 Å². The third-order valence-electron chi connectivity index (χ3n) is 4.06. The van der Waals surface area contributed by atoms with Gasteiger partial charge in [0.2, 0.25) is 0 Å². The van der Waals surface area contributed by atoms with E-state index in [0.29, 0.717) is 22.3 Å². The van der Waals surface area contributed by atoms with Crippen molar-refractivity contribution in [2.75, 3.05) is 6.61 Å². The van der Waals surface area contributed by atoms with Crippen LogP contribution in [0.25, 0.3) is 22.3 Å². The number of nitrogens with zero attached hydrogens (tertiary/aromatic N) is 2. The van der Waals surface area contributed by atoms with E-state index in [0.717, 1.165) is 0 Å². The molecule has 0 radical (unpaired) electrons. The third-order valence-corrected chi connectivity index (χ3v) is 4.06. The second kappa shape index (κ2) is 6.98. The monoisotopic (exact) mass is 342 g/mol. The molecule has 0 bridgehead atoms. The van der Waals surface area contributed by atoms with Gasteiger partial charge in [0.05, 0.1) is 18.2 Å². The summed E-state index contributed by atoms with van der Waals surface area (Å²) in [7, 11) is 0. The molecule has 6 nitrogen and oxygen atoms in total. The molecule has 0 aliphatic carbocycles. The number of rotatable bonds is 5. The number of H-pyrrole nitrogens is 1. The van der Waals surface area contributed by atoms with Crippen LogP contribution in [0, 0.1) is 11.7 Å². The molecule has 0 aliphatic rings. The average molecular weight is 342 g/mol. The Labute approximate surface area is 144 Å².